The van der Waals surface area contributed by atoms with Gasteiger partial charge in [-0.1, -0.05) is 6.92 Å². The first-order chi connectivity index (χ1) is 9.10. The summed E-state index contributed by atoms with van der Waals surface area (Å²) in [5.41, 5.74) is 1.17. The molecule has 0 saturated carbocycles. The highest BCUT2D eigenvalue weighted by Gasteiger charge is 2.05. The van der Waals surface area contributed by atoms with Crippen LogP contribution in [0.15, 0.2) is 24.7 Å². The Morgan fingerprint density at radius 3 is 2.68 bits per heavy atom. The average molecular weight is 261 g/mol. The van der Waals surface area contributed by atoms with Crippen molar-refractivity contribution in [3.05, 3.63) is 30.2 Å². The van der Waals surface area contributed by atoms with Crippen molar-refractivity contribution in [3.8, 4) is 0 Å². The van der Waals surface area contributed by atoms with E-state index in [1.165, 1.54) is 5.56 Å². The van der Waals surface area contributed by atoms with E-state index in [2.05, 4.69) is 49.4 Å². The molecule has 0 amide bonds. The lowest BCUT2D eigenvalue weighted by atomic mass is 10.3. The van der Waals surface area contributed by atoms with Gasteiger partial charge in [-0.2, -0.15) is 10.2 Å². The molecule has 0 aliphatic rings. The summed E-state index contributed by atoms with van der Waals surface area (Å²) < 4.78 is 3.97. The number of nitrogens with zero attached hydrogens (tertiary/aromatic N) is 4. The Kier molecular flexibility index (Phi) is 4.24. The standard InChI is InChI=1S/C14H23N5/c1-5-12(4)18-7-6-14(17-18)15-8-13-9-16-19(10-13)11(2)3/h6-7,9-12H,5,8H2,1-4H3,(H,15,17)/t12-/m1/s1. The van der Waals surface area contributed by atoms with Crippen LogP contribution >= 0.6 is 0 Å². The smallest absolute Gasteiger partial charge is 0.148 e. The molecule has 0 unspecified atom stereocenters. The third kappa shape index (κ3) is 3.36. The topological polar surface area (TPSA) is 47.7 Å². The zero-order valence-corrected chi connectivity index (χ0v) is 12.2. The van der Waals surface area contributed by atoms with Gasteiger partial charge >= 0.3 is 0 Å². The van der Waals surface area contributed by atoms with Crippen LogP contribution in [-0.2, 0) is 6.54 Å². The Morgan fingerprint density at radius 1 is 1.26 bits per heavy atom. The van der Waals surface area contributed by atoms with Gasteiger partial charge < -0.3 is 5.32 Å². The summed E-state index contributed by atoms with van der Waals surface area (Å²) in [6.07, 6.45) is 7.08. The van der Waals surface area contributed by atoms with Gasteiger partial charge in [0.25, 0.3) is 0 Å². The third-order valence-electron chi connectivity index (χ3n) is 3.31. The average Bonchev–Trinajstić information content (AvgIpc) is 3.04. The molecular weight excluding hydrogens is 238 g/mol. The van der Waals surface area contributed by atoms with Crippen LogP contribution in [0.3, 0.4) is 0 Å². The highest BCUT2D eigenvalue weighted by molar-refractivity contribution is 5.33. The molecule has 0 fully saturated rings. The van der Waals surface area contributed by atoms with Crippen molar-refractivity contribution in [1.29, 1.82) is 0 Å². The zero-order chi connectivity index (χ0) is 13.8. The van der Waals surface area contributed by atoms with Crippen LogP contribution < -0.4 is 5.32 Å². The zero-order valence-electron chi connectivity index (χ0n) is 12.2. The van der Waals surface area contributed by atoms with E-state index in [1.807, 2.05) is 27.8 Å². The van der Waals surface area contributed by atoms with Crippen LogP contribution in [0.25, 0.3) is 0 Å². The second kappa shape index (κ2) is 5.91. The third-order valence-corrected chi connectivity index (χ3v) is 3.31. The second-order valence-corrected chi connectivity index (χ2v) is 5.21. The number of aromatic nitrogens is 4. The van der Waals surface area contributed by atoms with Crippen LogP contribution in [-0.4, -0.2) is 19.6 Å². The van der Waals surface area contributed by atoms with E-state index in [9.17, 15) is 0 Å². The molecule has 2 aromatic rings. The molecule has 0 radical (unpaired) electrons. The molecule has 0 bridgehead atoms. The summed E-state index contributed by atoms with van der Waals surface area (Å²) in [6.45, 7) is 9.34. The molecule has 104 valence electrons. The maximum absolute atomic E-state index is 4.52. The first-order valence-electron chi connectivity index (χ1n) is 6.92. The van der Waals surface area contributed by atoms with Gasteiger partial charge in [0, 0.05) is 42.7 Å². The summed E-state index contributed by atoms with van der Waals surface area (Å²) >= 11 is 0. The van der Waals surface area contributed by atoms with Gasteiger partial charge in [-0.3, -0.25) is 9.36 Å². The van der Waals surface area contributed by atoms with Gasteiger partial charge in [-0.05, 0) is 27.2 Å². The Labute approximate surface area is 114 Å². The van der Waals surface area contributed by atoms with Crippen molar-refractivity contribution in [2.24, 2.45) is 0 Å². The maximum Gasteiger partial charge on any atom is 0.148 e. The molecule has 0 saturated heterocycles. The molecule has 5 heteroatoms. The molecule has 0 aliphatic heterocycles. The molecule has 19 heavy (non-hydrogen) atoms. The molecule has 2 aromatic heterocycles. The first-order valence-corrected chi connectivity index (χ1v) is 6.92. The van der Waals surface area contributed by atoms with Gasteiger partial charge in [-0.25, -0.2) is 0 Å². The van der Waals surface area contributed by atoms with Crippen LogP contribution in [0.2, 0.25) is 0 Å². The largest absolute Gasteiger partial charge is 0.364 e. The quantitative estimate of drug-likeness (QED) is 0.868. The van der Waals surface area contributed by atoms with E-state index in [0.29, 0.717) is 12.1 Å². The van der Waals surface area contributed by atoms with Crippen molar-refractivity contribution in [2.45, 2.75) is 52.7 Å². The SMILES string of the molecule is CC[C@@H](C)n1ccc(NCc2cnn(C(C)C)c2)n1. The summed E-state index contributed by atoms with van der Waals surface area (Å²) in [7, 11) is 0. The van der Waals surface area contributed by atoms with E-state index in [4.69, 9.17) is 0 Å². The Morgan fingerprint density at radius 2 is 2.05 bits per heavy atom. The van der Waals surface area contributed by atoms with Gasteiger partial charge in [0.15, 0.2) is 0 Å². The normalized spacial score (nSPS) is 12.9. The van der Waals surface area contributed by atoms with Gasteiger partial charge in [0.2, 0.25) is 0 Å². The van der Waals surface area contributed by atoms with Crippen LogP contribution in [0.1, 0.15) is 51.8 Å². The number of hydrogen-bond acceptors (Lipinski definition) is 3. The lowest BCUT2D eigenvalue weighted by Gasteiger charge is -2.08. The van der Waals surface area contributed by atoms with Crippen molar-refractivity contribution in [1.82, 2.24) is 19.6 Å². The van der Waals surface area contributed by atoms with Crippen LogP contribution in [0, 0.1) is 0 Å². The Balaban J connectivity index is 1.92. The molecule has 1 N–H and O–H groups in total. The number of anilines is 1. The van der Waals surface area contributed by atoms with E-state index in [-0.39, 0.29) is 0 Å². The fourth-order valence-corrected chi connectivity index (χ4v) is 1.81. The molecule has 0 aliphatic carbocycles. The molecule has 2 rings (SSSR count). The van der Waals surface area contributed by atoms with Crippen molar-refractivity contribution < 1.29 is 0 Å². The summed E-state index contributed by atoms with van der Waals surface area (Å²) in [5, 5.41) is 12.2. The number of nitrogens with one attached hydrogen (secondary N) is 1. The van der Waals surface area contributed by atoms with E-state index >= 15 is 0 Å². The van der Waals surface area contributed by atoms with Gasteiger partial charge in [0.05, 0.1) is 6.20 Å². The monoisotopic (exact) mass is 261 g/mol. The van der Waals surface area contributed by atoms with Crippen LogP contribution in [0.5, 0.6) is 0 Å². The van der Waals surface area contributed by atoms with Gasteiger partial charge in [-0.15, -0.1) is 0 Å². The number of rotatable bonds is 6. The molecule has 0 aromatic carbocycles. The fourth-order valence-electron chi connectivity index (χ4n) is 1.81. The highest BCUT2D eigenvalue weighted by Crippen LogP contribution is 2.13. The Bertz CT molecular complexity index is 511. The molecule has 2 heterocycles. The fraction of sp³-hybridized carbons (Fsp3) is 0.571. The van der Waals surface area contributed by atoms with Crippen molar-refractivity contribution in [3.63, 3.8) is 0 Å². The van der Waals surface area contributed by atoms with E-state index in [1.54, 1.807) is 0 Å². The van der Waals surface area contributed by atoms with E-state index in [0.717, 1.165) is 18.8 Å². The maximum atomic E-state index is 4.52. The number of hydrogen-bond donors (Lipinski definition) is 1. The summed E-state index contributed by atoms with van der Waals surface area (Å²) in [6, 6.07) is 2.86. The minimum atomic E-state index is 0.401. The Hall–Kier alpha value is -1.78. The highest BCUT2D eigenvalue weighted by atomic mass is 15.3. The first kappa shape index (κ1) is 13.6. The lowest BCUT2D eigenvalue weighted by Crippen LogP contribution is -2.06. The lowest BCUT2D eigenvalue weighted by molar-refractivity contribution is 0.479. The minimum Gasteiger partial charge on any atom is -0.364 e. The molecule has 5 nitrogen and oxygen atoms in total. The minimum absolute atomic E-state index is 0.401. The van der Waals surface area contributed by atoms with Crippen molar-refractivity contribution in [2.75, 3.05) is 5.32 Å². The van der Waals surface area contributed by atoms with Gasteiger partial charge in [0.1, 0.15) is 5.82 Å². The predicted octanol–water partition coefficient (Wildman–Crippen LogP) is 3.24. The predicted molar refractivity (Wildman–Crippen MR) is 77.2 cm³/mol. The molecular formula is C14H23N5. The summed E-state index contributed by atoms with van der Waals surface area (Å²) in [4.78, 5) is 0. The van der Waals surface area contributed by atoms with Crippen LogP contribution in [0.4, 0.5) is 5.82 Å². The van der Waals surface area contributed by atoms with E-state index < -0.39 is 0 Å². The molecule has 0 spiro atoms. The second-order valence-electron chi connectivity index (χ2n) is 5.21. The summed E-state index contributed by atoms with van der Waals surface area (Å²) in [5.74, 6) is 0.914. The van der Waals surface area contributed by atoms with Crippen molar-refractivity contribution >= 4 is 5.82 Å². The molecule has 1 atom stereocenters.